The van der Waals surface area contributed by atoms with E-state index < -0.39 is 0 Å². The van der Waals surface area contributed by atoms with Crippen molar-refractivity contribution in [2.45, 2.75) is 46.6 Å². The van der Waals surface area contributed by atoms with Crippen LogP contribution in [-0.4, -0.2) is 10.2 Å². The summed E-state index contributed by atoms with van der Waals surface area (Å²) >= 11 is 1.65. The highest BCUT2D eigenvalue weighted by Gasteiger charge is 2.21. The predicted octanol–water partition coefficient (Wildman–Crippen LogP) is 4.69. The molecule has 0 bridgehead atoms. The van der Waals surface area contributed by atoms with Crippen LogP contribution in [0.15, 0.2) is 30.3 Å². The molecule has 1 atom stereocenters. The van der Waals surface area contributed by atoms with Crippen LogP contribution in [0.5, 0.6) is 0 Å². The molecule has 0 fully saturated rings. The minimum absolute atomic E-state index is 0.256. The summed E-state index contributed by atoms with van der Waals surface area (Å²) < 4.78 is 0. The van der Waals surface area contributed by atoms with Crippen molar-refractivity contribution >= 4 is 16.5 Å². The molecule has 3 nitrogen and oxygen atoms in total. The Balaban J connectivity index is 2.18. The first-order valence-electron chi connectivity index (χ1n) is 7.12. The van der Waals surface area contributed by atoms with Gasteiger partial charge in [0.05, 0.1) is 6.04 Å². The fraction of sp³-hybridized carbons (Fsp3) is 0.500. The van der Waals surface area contributed by atoms with Crippen molar-refractivity contribution in [3.63, 3.8) is 0 Å². The quantitative estimate of drug-likeness (QED) is 0.867. The second-order valence-corrected chi connectivity index (χ2v) is 7.29. The van der Waals surface area contributed by atoms with Gasteiger partial charge in [-0.25, -0.2) is 0 Å². The number of benzene rings is 1. The minimum Gasteiger partial charge on any atom is -0.353 e. The van der Waals surface area contributed by atoms with Gasteiger partial charge in [0.2, 0.25) is 5.13 Å². The van der Waals surface area contributed by atoms with Crippen LogP contribution >= 0.6 is 11.3 Å². The molecule has 2 rings (SSSR count). The summed E-state index contributed by atoms with van der Waals surface area (Å²) in [7, 11) is 0. The largest absolute Gasteiger partial charge is 0.353 e. The van der Waals surface area contributed by atoms with Crippen molar-refractivity contribution in [2.75, 3.05) is 5.32 Å². The van der Waals surface area contributed by atoms with E-state index >= 15 is 0 Å². The zero-order chi connectivity index (χ0) is 14.6. The van der Waals surface area contributed by atoms with E-state index in [1.165, 1.54) is 5.56 Å². The van der Waals surface area contributed by atoms with Crippen LogP contribution < -0.4 is 5.32 Å². The molecule has 1 unspecified atom stereocenters. The molecule has 0 aliphatic carbocycles. The summed E-state index contributed by atoms with van der Waals surface area (Å²) in [5.74, 6) is 0. The SMILES string of the molecule is CCc1nnc(NC(CC(C)(C)C)c2ccccc2)s1. The van der Waals surface area contributed by atoms with E-state index in [0.29, 0.717) is 0 Å². The maximum absolute atomic E-state index is 4.24. The summed E-state index contributed by atoms with van der Waals surface area (Å²) in [4.78, 5) is 0. The highest BCUT2D eigenvalue weighted by Crippen LogP contribution is 2.32. The predicted molar refractivity (Wildman–Crippen MR) is 86.2 cm³/mol. The van der Waals surface area contributed by atoms with Gasteiger partial charge in [-0.15, -0.1) is 10.2 Å². The molecule has 4 heteroatoms. The number of rotatable bonds is 5. The van der Waals surface area contributed by atoms with E-state index in [4.69, 9.17) is 0 Å². The van der Waals surface area contributed by atoms with Crippen LogP contribution in [0.1, 0.15) is 50.7 Å². The van der Waals surface area contributed by atoms with Gasteiger partial charge < -0.3 is 5.32 Å². The molecule has 108 valence electrons. The second kappa shape index (κ2) is 6.35. The van der Waals surface area contributed by atoms with Crippen molar-refractivity contribution in [3.8, 4) is 0 Å². The second-order valence-electron chi connectivity index (χ2n) is 6.23. The fourth-order valence-electron chi connectivity index (χ4n) is 2.15. The smallest absolute Gasteiger partial charge is 0.206 e. The third-order valence-electron chi connectivity index (χ3n) is 3.09. The molecule has 0 saturated heterocycles. The lowest BCUT2D eigenvalue weighted by Gasteiger charge is -2.27. The number of anilines is 1. The highest BCUT2D eigenvalue weighted by molar-refractivity contribution is 7.15. The molecule has 0 aliphatic rings. The van der Waals surface area contributed by atoms with Crippen LogP contribution in [-0.2, 0) is 6.42 Å². The molecule has 0 saturated carbocycles. The summed E-state index contributed by atoms with van der Waals surface area (Å²) in [5.41, 5.74) is 1.56. The van der Waals surface area contributed by atoms with Crippen LogP contribution in [0.2, 0.25) is 0 Å². The van der Waals surface area contributed by atoms with E-state index in [1.807, 2.05) is 0 Å². The van der Waals surface area contributed by atoms with Crippen molar-refractivity contribution < 1.29 is 0 Å². The van der Waals surface area contributed by atoms with Crippen LogP contribution in [0.25, 0.3) is 0 Å². The van der Waals surface area contributed by atoms with E-state index in [0.717, 1.165) is 23.0 Å². The summed E-state index contributed by atoms with van der Waals surface area (Å²) in [6.45, 7) is 8.90. The number of aromatic nitrogens is 2. The van der Waals surface area contributed by atoms with Gasteiger partial charge in [0.25, 0.3) is 0 Å². The molecule has 0 amide bonds. The Kier molecular flexibility index (Phi) is 4.76. The average Bonchev–Trinajstić information content (AvgIpc) is 2.85. The van der Waals surface area contributed by atoms with Gasteiger partial charge >= 0.3 is 0 Å². The fourth-order valence-corrected chi connectivity index (χ4v) is 2.89. The van der Waals surface area contributed by atoms with Gasteiger partial charge in [-0.1, -0.05) is 69.4 Å². The van der Waals surface area contributed by atoms with E-state index in [-0.39, 0.29) is 11.5 Å². The number of hydrogen-bond donors (Lipinski definition) is 1. The third kappa shape index (κ3) is 4.30. The van der Waals surface area contributed by atoms with Crippen LogP contribution in [0.4, 0.5) is 5.13 Å². The molecular weight excluding hydrogens is 266 g/mol. The molecule has 0 spiro atoms. The minimum atomic E-state index is 0.256. The van der Waals surface area contributed by atoms with Gasteiger partial charge in [0.1, 0.15) is 5.01 Å². The topological polar surface area (TPSA) is 37.8 Å². The lowest BCUT2D eigenvalue weighted by molar-refractivity contribution is 0.352. The van der Waals surface area contributed by atoms with Crippen molar-refractivity contribution in [2.24, 2.45) is 5.41 Å². The van der Waals surface area contributed by atoms with Gasteiger partial charge in [0, 0.05) is 0 Å². The molecule has 1 heterocycles. The number of aryl methyl sites for hydroxylation is 1. The number of nitrogens with one attached hydrogen (secondary N) is 1. The van der Waals surface area contributed by atoms with Gasteiger partial charge in [-0.2, -0.15) is 0 Å². The van der Waals surface area contributed by atoms with Crippen molar-refractivity contribution in [1.29, 1.82) is 0 Å². The highest BCUT2D eigenvalue weighted by atomic mass is 32.1. The van der Waals surface area contributed by atoms with Gasteiger partial charge in [-0.3, -0.25) is 0 Å². The monoisotopic (exact) mass is 289 g/mol. The Morgan fingerprint density at radius 3 is 2.40 bits per heavy atom. The molecule has 1 aromatic heterocycles. The van der Waals surface area contributed by atoms with Crippen LogP contribution in [0, 0.1) is 5.41 Å². The third-order valence-corrected chi connectivity index (χ3v) is 4.08. The summed E-state index contributed by atoms with van der Waals surface area (Å²) in [6.07, 6.45) is 1.99. The van der Waals surface area contributed by atoms with Crippen molar-refractivity contribution in [3.05, 3.63) is 40.9 Å². The molecular formula is C16H23N3S. The lowest BCUT2D eigenvalue weighted by atomic mass is 9.85. The average molecular weight is 289 g/mol. The molecule has 1 N–H and O–H groups in total. The van der Waals surface area contributed by atoms with E-state index in [9.17, 15) is 0 Å². The summed E-state index contributed by atoms with van der Waals surface area (Å²) in [5, 5.41) is 14.0. The Hall–Kier alpha value is -1.42. The number of nitrogens with zero attached hydrogens (tertiary/aromatic N) is 2. The first kappa shape index (κ1) is 15.0. The zero-order valence-corrected chi connectivity index (χ0v) is 13.5. The molecule has 20 heavy (non-hydrogen) atoms. The van der Waals surface area contributed by atoms with E-state index in [1.54, 1.807) is 11.3 Å². The molecule has 2 aromatic rings. The standard InChI is InChI=1S/C16H23N3S/c1-5-14-18-19-15(20-14)17-13(11-16(2,3)4)12-9-7-6-8-10-12/h6-10,13H,5,11H2,1-4H3,(H,17,19). The molecule has 0 aliphatic heterocycles. The zero-order valence-electron chi connectivity index (χ0n) is 12.7. The normalized spacial score (nSPS) is 13.2. The molecule has 0 radical (unpaired) electrons. The number of hydrogen-bond acceptors (Lipinski definition) is 4. The van der Waals surface area contributed by atoms with Crippen molar-refractivity contribution in [1.82, 2.24) is 10.2 Å². The first-order chi connectivity index (χ1) is 9.48. The molecule has 1 aromatic carbocycles. The Bertz CT molecular complexity index is 528. The Labute approximate surface area is 125 Å². The Morgan fingerprint density at radius 2 is 1.85 bits per heavy atom. The Morgan fingerprint density at radius 1 is 1.15 bits per heavy atom. The van der Waals surface area contributed by atoms with Crippen LogP contribution in [0.3, 0.4) is 0 Å². The van der Waals surface area contributed by atoms with E-state index in [2.05, 4.69) is 73.5 Å². The van der Waals surface area contributed by atoms with Gasteiger partial charge in [-0.05, 0) is 23.8 Å². The first-order valence-corrected chi connectivity index (χ1v) is 7.93. The van der Waals surface area contributed by atoms with Gasteiger partial charge in [0.15, 0.2) is 0 Å². The summed E-state index contributed by atoms with van der Waals surface area (Å²) in [6, 6.07) is 10.8. The maximum atomic E-state index is 4.24. The lowest BCUT2D eigenvalue weighted by Crippen LogP contribution is -2.18. The maximum Gasteiger partial charge on any atom is 0.206 e.